The van der Waals surface area contributed by atoms with Crippen LogP contribution in [0.3, 0.4) is 0 Å². The van der Waals surface area contributed by atoms with Crippen LogP contribution in [0.5, 0.6) is 5.88 Å². The first-order valence-electron chi connectivity index (χ1n) is 11.1. The topological polar surface area (TPSA) is 67.7 Å². The molecule has 4 rings (SSSR count). The Morgan fingerprint density at radius 2 is 1.77 bits per heavy atom. The predicted octanol–water partition coefficient (Wildman–Crippen LogP) is 3.61. The number of ether oxygens (including phenoxy) is 1. The number of benzene rings is 2. The fourth-order valence-corrected chi connectivity index (χ4v) is 4.22. The smallest absolute Gasteiger partial charge is 0.272 e. The summed E-state index contributed by atoms with van der Waals surface area (Å²) in [4.78, 5) is 34.1. The van der Waals surface area contributed by atoms with E-state index in [-0.39, 0.29) is 40.5 Å². The van der Waals surface area contributed by atoms with Gasteiger partial charge in [-0.3, -0.25) is 14.2 Å². The average molecular weight is 547 g/mol. The maximum atomic E-state index is 13.9. The van der Waals surface area contributed by atoms with Crippen LogP contribution in [0.2, 0.25) is 0 Å². The van der Waals surface area contributed by atoms with Crippen LogP contribution in [0.4, 0.5) is 8.78 Å². The number of carbonyl (C=O) groups is 1. The molecule has 3 aromatic rings. The summed E-state index contributed by atoms with van der Waals surface area (Å²) < 4.78 is 34.1. The Labute approximate surface area is 210 Å². The van der Waals surface area contributed by atoms with Crippen molar-refractivity contribution in [2.24, 2.45) is 0 Å². The van der Waals surface area contributed by atoms with Crippen LogP contribution in [0.15, 0.2) is 51.7 Å². The van der Waals surface area contributed by atoms with Crippen LogP contribution >= 0.6 is 15.9 Å². The standard InChI is InChI=1S/C25H25BrF2N4O3/c1-16-29-23(35-15-19-7-8-20(27)13-21(19)28)22(26)25(34)32(16)14-17-3-5-18(6-4-17)24(33)31-11-9-30(2)10-12-31/h3-8,13H,9-12,14-15H2,1-2H3. The van der Waals surface area contributed by atoms with Crippen molar-refractivity contribution >= 4 is 21.8 Å². The van der Waals surface area contributed by atoms with E-state index < -0.39 is 11.6 Å². The van der Waals surface area contributed by atoms with Gasteiger partial charge in [-0.15, -0.1) is 0 Å². The molecule has 0 unspecified atom stereocenters. The summed E-state index contributed by atoms with van der Waals surface area (Å²) in [6.07, 6.45) is 0. The second kappa shape index (κ2) is 10.7. The number of hydrogen-bond acceptors (Lipinski definition) is 5. The van der Waals surface area contributed by atoms with Crippen molar-refractivity contribution < 1.29 is 18.3 Å². The number of carbonyl (C=O) groups excluding carboxylic acids is 1. The van der Waals surface area contributed by atoms with Crippen molar-refractivity contribution in [1.82, 2.24) is 19.4 Å². The van der Waals surface area contributed by atoms with Crippen LogP contribution in [-0.4, -0.2) is 58.5 Å². The largest absolute Gasteiger partial charge is 0.472 e. The van der Waals surface area contributed by atoms with E-state index in [9.17, 15) is 18.4 Å². The van der Waals surface area contributed by atoms with Gasteiger partial charge in [0.15, 0.2) is 0 Å². The van der Waals surface area contributed by atoms with Gasteiger partial charge in [-0.25, -0.2) is 8.78 Å². The number of hydrogen-bond donors (Lipinski definition) is 0. The zero-order valence-corrected chi connectivity index (χ0v) is 21.0. The maximum absolute atomic E-state index is 13.9. The van der Waals surface area contributed by atoms with Gasteiger partial charge in [-0.2, -0.15) is 4.98 Å². The monoisotopic (exact) mass is 546 g/mol. The molecular formula is C25H25BrF2N4O3. The maximum Gasteiger partial charge on any atom is 0.272 e. The highest BCUT2D eigenvalue weighted by Crippen LogP contribution is 2.21. The molecule has 1 aromatic heterocycles. The first-order chi connectivity index (χ1) is 16.7. The van der Waals surface area contributed by atoms with Gasteiger partial charge in [0, 0.05) is 43.4 Å². The van der Waals surface area contributed by atoms with Crippen molar-refractivity contribution in [2.75, 3.05) is 33.2 Å². The Kier molecular flexibility index (Phi) is 7.61. The van der Waals surface area contributed by atoms with Crippen molar-refractivity contribution in [1.29, 1.82) is 0 Å². The summed E-state index contributed by atoms with van der Waals surface area (Å²) in [5, 5.41) is 0. The molecule has 2 aromatic carbocycles. The minimum atomic E-state index is -0.735. The molecule has 1 aliphatic rings. The Balaban J connectivity index is 1.46. The Bertz CT molecular complexity index is 1290. The summed E-state index contributed by atoms with van der Waals surface area (Å²) in [5.41, 5.74) is 1.23. The zero-order valence-electron chi connectivity index (χ0n) is 19.4. The summed E-state index contributed by atoms with van der Waals surface area (Å²) in [6, 6.07) is 10.4. The SMILES string of the molecule is Cc1nc(OCc2ccc(F)cc2F)c(Br)c(=O)n1Cc1ccc(C(=O)N2CCN(C)CC2)cc1. The molecule has 0 N–H and O–H groups in total. The molecule has 0 atom stereocenters. The van der Waals surface area contributed by atoms with Crippen molar-refractivity contribution in [3.8, 4) is 5.88 Å². The number of aromatic nitrogens is 2. The van der Waals surface area contributed by atoms with Crippen molar-refractivity contribution in [2.45, 2.75) is 20.1 Å². The zero-order chi connectivity index (χ0) is 25.1. The number of likely N-dealkylation sites (N-methyl/N-ethyl adjacent to an activating group) is 1. The molecule has 0 spiro atoms. The molecule has 0 bridgehead atoms. The summed E-state index contributed by atoms with van der Waals surface area (Å²) in [6.45, 7) is 4.83. The van der Waals surface area contributed by atoms with Gasteiger partial charge >= 0.3 is 0 Å². The highest BCUT2D eigenvalue weighted by atomic mass is 79.9. The van der Waals surface area contributed by atoms with E-state index in [2.05, 4.69) is 25.8 Å². The van der Waals surface area contributed by atoms with Crippen LogP contribution in [0, 0.1) is 18.6 Å². The van der Waals surface area contributed by atoms with Gasteiger partial charge in [0.2, 0.25) is 5.88 Å². The Hall–Kier alpha value is -3.11. The molecule has 0 aliphatic carbocycles. The average Bonchev–Trinajstić information content (AvgIpc) is 2.84. The lowest BCUT2D eigenvalue weighted by atomic mass is 10.1. The van der Waals surface area contributed by atoms with Crippen LogP contribution < -0.4 is 10.3 Å². The molecule has 7 nitrogen and oxygen atoms in total. The van der Waals surface area contributed by atoms with Crippen LogP contribution in [0.1, 0.15) is 27.3 Å². The first kappa shape index (κ1) is 25.0. The molecular weight excluding hydrogens is 522 g/mol. The number of nitrogens with zero attached hydrogens (tertiary/aromatic N) is 4. The number of aryl methyl sites for hydroxylation is 1. The third-order valence-corrected chi connectivity index (χ3v) is 6.66. The Morgan fingerprint density at radius 1 is 1.09 bits per heavy atom. The molecule has 0 saturated carbocycles. The van der Waals surface area contributed by atoms with Crippen LogP contribution in [-0.2, 0) is 13.2 Å². The van der Waals surface area contributed by atoms with E-state index in [1.165, 1.54) is 10.6 Å². The molecule has 184 valence electrons. The molecule has 1 fully saturated rings. The molecule has 2 heterocycles. The summed E-state index contributed by atoms with van der Waals surface area (Å²) >= 11 is 3.23. The number of rotatable bonds is 6. The van der Waals surface area contributed by atoms with E-state index in [0.29, 0.717) is 24.5 Å². The number of amides is 1. The first-order valence-corrected chi connectivity index (χ1v) is 11.9. The number of piperazine rings is 1. The van der Waals surface area contributed by atoms with Gasteiger partial charge in [0.25, 0.3) is 11.5 Å². The van der Waals surface area contributed by atoms with E-state index >= 15 is 0 Å². The van der Waals surface area contributed by atoms with Gasteiger partial charge in [-0.1, -0.05) is 12.1 Å². The molecule has 1 saturated heterocycles. The lowest BCUT2D eigenvalue weighted by Gasteiger charge is -2.32. The summed E-state index contributed by atoms with van der Waals surface area (Å²) in [7, 11) is 2.04. The summed E-state index contributed by atoms with van der Waals surface area (Å²) in [5.74, 6) is -0.978. The van der Waals surface area contributed by atoms with E-state index in [0.717, 1.165) is 30.8 Å². The fraction of sp³-hybridized carbons (Fsp3) is 0.320. The van der Waals surface area contributed by atoms with E-state index in [1.54, 1.807) is 19.1 Å². The van der Waals surface area contributed by atoms with Crippen LogP contribution in [0.25, 0.3) is 0 Å². The number of halogens is 3. The van der Waals surface area contributed by atoms with E-state index in [4.69, 9.17) is 4.74 Å². The highest BCUT2D eigenvalue weighted by Gasteiger charge is 2.20. The van der Waals surface area contributed by atoms with E-state index in [1.807, 2.05) is 24.1 Å². The minimum absolute atomic E-state index is 0.00139. The predicted molar refractivity (Wildman–Crippen MR) is 131 cm³/mol. The van der Waals surface area contributed by atoms with Gasteiger partial charge in [0.1, 0.15) is 28.5 Å². The highest BCUT2D eigenvalue weighted by molar-refractivity contribution is 9.10. The molecule has 35 heavy (non-hydrogen) atoms. The van der Waals surface area contributed by atoms with Crippen molar-refractivity contribution in [3.05, 3.63) is 91.4 Å². The van der Waals surface area contributed by atoms with Gasteiger partial charge in [0.05, 0.1) is 6.54 Å². The fourth-order valence-electron chi connectivity index (χ4n) is 3.81. The third kappa shape index (κ3) is 5.76. The second-order valence-electron chi connectivity index (χ2n) is 8.49. The van der Waals surface area contributed by atoms with Gasteiger partial charge < -0.3 is 14.5 Å². The molecule has 0 radical (unpaired) electrons. The molecule has 1 aliphatic heterocycles. The lowest BCUT2D eigenvalue weighted by molar-refractivity contribution is 0.0664. The van der Waals surface area contributed by atoms with Gasteiger partial charge in [-0.05, 0) is 59.7 Å². The quantitative estimate of drug-likeness (QED) is 0.472. The minimum Gasteiger partial charge on any atom is -0.472 e. The lowest BCUT2D eigenvalue weighted by Crippen LogP contribution is -2.47. The Morgan fingerprint density at radius 3 is 2.43 bits per heavy atom. The third-order valence-electron chi connectivity index (χ3n) is 5.99. The normalized spacial score (nSPS) is 14.3. The second-order valence-corrected chi connectivity index (χ2v) is 9.28. The molecule has 10 heteroatoms. The molecule has 1 amide bonds. The van der Waals surface area contributed by atoms with Crippen molar-refractivity contribution in [3.63, 3.8) is 0 Å².